The second-order valence-corrected chi connectivity index (χ2v) is 9.08. The number of carbonyl (C=O) groups excluding carboxylic acids is 4. The van der Waals surface area contributed by atoms with Crippen LogP contribution >= 0.6 is 11.3 Å². The van der Waals surface area contributed by atoms with E-state index in [1.54, 1.807) is 30.6 Å². The van der Waals surface area contributed by atoms with Crippen molar-refractivity contribution < 1.29 is 23.9 Å². The van der Waals surface area contributed by atoms with Crippen molar-refractivity contribution >= 4 is 34.9 Å². The SMILES string of the molecule is CC(C)(C)OC(=O)N1CCN(C(=O)c2cc3c(s2)C(=O)c2nccnc2C3=O)CC1. The predicted molar refractivity (Wildman–Crippen MR) is 107 cm³/mol. The molecule has 0 aromatic carbocycles. The van der Waals surface area contributed by atoms with Crippen molar-refractivity contribution in [3.63, 3.8) is 0 Å². The first kappa shape index (κ1) is 20.1. The highest BCUT2D eigenvalue weighted by atomic mass is 32.1. The van der Waals surface area contributed by atoms with E-state index in [1.807, 2.05) is 0 Å². The van der Waals surface area contributed by atoms with Gasteiger partial charge in [-0.15, -0.1) is 11.3 Å². The van der Waals surface area contributed by atoms with Crippen LogP contribution in [0, 0.1) is 0 Å². The Morgan fingerprint density at radius 3 is 2.13 bits per heavy atom. The third-order valence-corrected chi connectivity index (χ3v) is 5.86. The number of aromatic nitrogens is 2. The summed E-state index contributed by atoms with van der Waals surface area (Å²) in [6.07, 6.45) is 2.31. The first-order valence-corrected chi connectivity index (χ1v) is 10.3. The summed E-state index contributed by atoms with van der Waals surface area (Å²) in [4.78, 5) is 62.1. The highest BCUT2D eigenvalue weighted by Crippen LogP contribution is 2.32. The number of hydrogen-bond donors (Lipinski definition) is 0. The molecule has 2 aromatic rings. The van der Waals surface area contributed by atoms with E-state index < -0.39 is 23.3 Å². The van der Waals surface area contributed by atoms with Crippen LogP contribution in [0.15, 0.2) is 18.5 Å². The maximum Gasteiger partial charge on any atom is 0.410 e. The third-order valence-electron chi connectivity index (χ3n) is 4.74. The average Bonchev–Trinajstić information content (AvgIpc) is 3.16. The van der Waals surface area contributed by atoms with E-state index in [0.717, 1.165) is 11.3 Å². The molecule has 0 N–H and O–H groups in total. The molecule has 0 bridgehead atoms. The lowest BCUT2D eigenvalue weighted by atomic mass is 9.96. The second-order valence-electron chi connectivity index (χ2n) is 8.02. The smallest absolute Gasteiger partial charge is 0.410 e. The van der Waals surface area contributed by atoms with Crippen LogP contribution in [-0.2, 0) is 4.74 Å². The molecule has 3 heterocycles. The molecule has 0 spiro atoms. The molecule has 9 nitrogen and oxygen atoms in total. The van der Waals surface area contributed by atoms with Gasteiger partial charge in [-0.25, -0.2) is 14.8 Å². The number of amides is 2. The molecule has 1 aliphatic heterocycles. The zero-order chi connectivity index (χ0) is 21.6. The largest absolute Gasteiger partial charge is 0.444 e. The molecule has 2 aliphatic rings. The first-order chi connectivity index (χ1) is 14.2. The van der Waals surface area contributed by atoms with E-state index in [1.165, 1.54) is 18.5 Å². The van der Waals surface area contributed by atoms with Gasteiger partial charge in [-0.1, -0.05) is 0 Å². The molecule has 4 rings (SSSR count). The fourth-order valence-electron chi connectivity index (χ4n) is 3.31. The topological polar surface area (TPSA) is 110 Å². The van der Waals surface area contributed by atoms with Gasteiger partial charge in [-0.05, 0) is 26.8 Å². The minimum atomic E-state index is -0.583. The molecule has 156 valence electrons. The molecule has 2 amide bonds. The second kappa shape index (κ2) is 7.28. The molecule has 2 aromatic heterocycles. The number of ketones is 2. The van der Waals surface area contributed by atoms with Gasteiger partial charge in [0.1, 0.15) is 17.0 Å². The summed E-state index contributed by atoms with van der Waals surface area (Å²) in [5.41, 5.74) is -0.367. The molecule has 0 saturated carbocycles. The lowest BCUT2D eigenvalue weighted by Crippen LogP contribution is -2.51. The Morgan fingerprint density at radius 1 is 0.967 bits per heavy atom. The van der Waals surface area contributed by atoms with Crippen molar-refractivity contribution in [1.29, 1.82) is 0 Å². The van der Waals surface area contributed by atoms with Gasteiger partial charge in [0, 0.05) is 44.1 Å². The molecular weight excluding hydrogens is 408 g/mol. The highest BCUT2D eigenvalue weighted by molar-refractivity contribution is 7.16. The maximum absolute atomic E-state index is 13.0. The summed E-state index contributed by atoms with van der Waals surface area (Å²) in [6.45, 7) is 6.78. The van der Waals surface area contributed by atoms with Crippen LogP contribution in [0.5, 0.6) is 0 Å². The molecule has 1 fully saturated rings. The van der Waals surface area contributed by atoms with Crippen molar-refractivity contribution in [3.05, 3.63) is 45.2 Å². The van der Waals surface area contributed by atoms with Crippen LogP contribution in [0.3, 0.4) is 0 Å². The Kier molecular flexibility index (Phi) is 4.89. The third kappa shape index (κ3) is 3.58. The number of thiophene rings is 1. The predicted octanol–water partition coefficient (Wildman–Crippen LogP) is 2.01. The first-order valence-electron chi connectivity index (χ1n) is 9.47. The number of nitrogens with zero attached hydrogens (tertiary/aromatic N) is 4. The molecule has 0 atom stereocenters. The summed E-state index contributed by atoms with van der Waals surface area (Å²) in [6, 6.07) is 1.46. The lowest BCUT2D eigenvalue weighted by molar-refractivity contribution is 0.0141. The van der Waals surface area contributed by atoms with E-state index in [-0.39, 0.29) is 27.7 Å². The molecule has 10 heteroatoms. The van der Waals surface area contributed by atoms with Gasteiger partial charge in [0.05, 0.1) is 9.75 Å². The molecule has 30 heavy (non-hydrogen) atoms. The normalized spacial score (nSPS) is 16.2. The van der Waals surface area contributed by atoms with Gasteiger partial charge < -0.3 is 14.5 Å². The summed E-state index contributed by atoms with van der Waals surface area (Å²) < 4.78 is 5.37. The number of ether oxygens (including phenoxy) is 1. The zero-order valence-corrected chi connectivity index (χ0v) is 17.6. The van der Waals surface area contributed by atoms with E-state index in [2.05, 4.69) is 9.97 Å². The van der Waals surface area contributed by atoms with E-state index in [4.69, 9.17) is 4.74 Å². The Balaban J connectivity index is 1.48. The van der Waals surface area contributed by atoms with Gasteiger partial charge in [-0.3, -0.25) is 14.4 Å². The van der Waals surface area contributed by atoms with Gasteiger partial charge in [0.2, 0.25) is 11.6 Å². The Labute approximate surface area is 176 Å². The Hall–Kier alpha value is -3.14. The Bertz CT molecular complexity index is 1010. The van der Waals surface area contributed by atoms with Crippen molar-refractivity contribution in [1.82, 2.24) is 19.8 Å². The van der Waals surface area contributed by atoms with Crippen LogP contribution in [0.2, 0.25) is 0 Å². The Morgan fingerprint density at radius 2 is 1.53 bits per heavy atom. The molecular formula is C20H20N4O5S. The zero-order valence-electron chi connectivity index (χ0n) is 16.8. The summed E-state index contributed by atoms with van der Waals surface area (Å²) in [7, 11) is 0. The summed E-state index contributed by atoms with van der Waals surface area (Å²) >= 11 is 0.993. The minimum Gasteiger partial charge on any atom is -0.444 e. The molecule has 1 aliphatic carbocycles. The maximum atomic E-state index is 13.0. The van der Waals surface area contributed by atoms with E-state index in [0.29, 0.717) is 31.1 Å². The van der Waals surface area contributed by atoms with Crippen molar-refractivity contribution in [3.8, 4) is 0 Å². The van der Waals surface area contributed by atoms with Crippen LogP contribution in [0.25, 0.3) is 0 Å². The van der Waals surface area contributed by atoms with Gasteiger partial charge in [-0.2, -0.15) is 0 Å². The summed E-state index contributed by atoms with van der Waals surface area (Å²) in [5.74, 6) is -1.08. The van der Waals surface area contributed by atoms with Crippen molar-refractivity contribution in [2.45, 2.75) is 26.4 Å². The quantitative estimate of drug-likeness (QED) is 0.583. The van der Waals surface area contributed by atoms with Crippen LogP contribution in [0.1, 0.15) is 61.9 Å². The van der Waals surface area contributed by atoms with Crippen molar-refractivity contribution in [2.24, 2.45) is 0 Å². The fraction of sp³-hybridized carbons (Fsp3) is 0.400. The van der Waals surface area contributed by atoms with Crippen LogP contribution in [0.4, 0.5) is 4.79 Å². The number of piperazine rings is 1. The molecule has 0 unspecified atom stereocenters. The molecule has 0 radical (unpaired) electrons. The number of rotatable bonds is 1. The van der Waals surface area contributed by atoms with E-state index in [9.17, 15) is 19.2 Å². The van der Waals surface area contributed by atoms with Crippen LogP contribution in [-0.4, -0.2) is 75.1 Å². The average molecular weight is 428 g/mol. The monoisotopic (exact) mass is 428 g/mol. The van der Waals surface area contributed by atoms with Gasteiger partial charge in [0.25, 0.3) is 5.91 Å². The standard InChI is InChI=1S/C20H20N4O5S/c1-20(2,3)29-19(28)24-8-6-23(7-9-24)18(27)12-10-11-15(25)13-14(22-5-4-21-13)16(26)17(11)30-12/h4-5,10H,6-9H2,1-3H3. The lowest BCUT2D eigenvalue weighted by Gasteiger charge is -2.35. The fourth-order valence-corrected chi connectivity index (χ4v) is 4.38. The van der Waals surface area contributed by atoms with Gasteiger partial charge in [0.15, 0.2) is 0 Å². The molecule has 1 saturated heterocycles. The number of fused-ring (bicyclic) bond motifs is 2. The number of carbonyl (C=O) groups is 4. The minimum absolute atomic E-state index is 0.0118. The van der Waals surface area contributed by atoms with Gasteiger partial charge >= 0.3 is 6.09 Å². The highest BCUT2D eigenvalue weighted by Gasteiger charge is 2.36. The van der Waals surface area contributed by atoms with Crippen LogP contribution < -0.4 is 0 Å². The number of hydrogen-bond acceptors (Lipinski definition) is 8. The summed E-state index contributed by atoms with van der Waals surface area (Å²) in [5, 5.41) is 0. The van der Waals surface area contributed by atoms with E-state index >= 15 is 0 Å². The van der Waals surface area contributed by atoms with Crippen molar-refractivity contribution in [2.75, 3.05) is 26.2 Å².